The van der Waals surface area contributed by atoms with E-state index in [1.165, 1.54) is 12.1 Å². The molecule has 1 aromatic carbocycles. The van der Waals surface area contributed by atoms with Crippen molar-refractivity contribution in [3.05, 3.63) is 29.6 Å². The quantitative estimate of drug-likeness (QED) is 0.604. The summed E-state index contributed by atoms with van der Waals surface area (Å²) in [6.45, 7) is 0.728. The van der Waals surface area contributed by atoms with Crippen LogP contribution in [0.3, 0.4) is 0 Å². The van der Waals surface area contributed by atoms with Gasteiger partial charge >= 0.3 is 0 Å². The van der Waals surface area contributed by atoms with Crippen LogP contribution in [0.2, 0.25) is 0 Å². The minimum Gasteiger partial charge on any atom is -0.398 e. The first-order valence-corrected chi connectivity index (χ1v) is 5.50. The topological polar surface area (TPSA) is 35.2 Å². The van der Waals surface area contributed by atoms with Crippen molar-refractivity contribution in [2.24, 2.45) is 0 Å². The summed E-state index contributed by atoms with van der Waals surface area (Å²) in [6.07, 6.45) is 0. The maximum absolute atomic E-state index is 12.7. The molecule has 0 amide bonds. The molecule has 0 fully saturated rings. The summed E-state index contributed by atoms with van der Waals surface area (Å²) < 4.78 is 17.6. The molecule has 78 valence electrons. The standard InChI is InChI=1S/C10H14FNOS/c1-13-4-5-14-7-8-2-3-9(11)6-10(8)12/h2-3,6H,4-5,7,12H2,1H3. The second kappa shape index (κ2) is 5.88. The Morgan fingerprint density at radius 3 is 2.93 bits per heavy atom. The summed E-state index contributed by atoms with van der Waals surface area (Å²) in [6, 6.07) is 4.51. The molecule has 1 rings (SSSR count). The molecular formula is C10H14FNOS. The lowest BCUT2D eigenvalue weighted by atomic mass is 10.2. The molecule has 0 atom stereocenters. The molecule has 0 saturated carbocycles. The molecule has 0 heterocycles. The van der Waals surface area contributed by atoms with Crippen LogP contribution in [-0.4, -0.2) is 19.5 Å². The third-order valence-electron chi connectivity index (χ3n) is 1.80. The number of methoxy groups -OCH3 is 1. The van der Waals surface area contributed by atoms with Crippen LogP contribution in [0, 0.1) is 5.82 Å². The number of nitrogen functional groups attached to an aromatic ring is 1. The summed E-state index contributed by atoms with van der Waals surface area (Å²) in [7, 11) is 1.67. The summed E-state index contributed by atoms with van der Waals surface area (Å²) in [4.78, 5) is 0. The summed E-state index contributed by atoms with van der Waals surface area (Å²) in [5, 5.41) is 0. The van der Waals surface area contributed by atoms with Crippen molar-refractivity contribution in [3.8, 4) is 0 Å². The predicted molar refractivity (Wildman–Crippen MR) is 58.9 cm³/mol. The molecule has 0 aromatic heterocycles. The van der Waals surface area contributed by atoms with E-state index in [1.807, 2.05) is 0 Å². The van der Waals surface area contributed by atoms with Crippen molar-refractivity contribution < 1.29 is 9.13 Å². The Bertz CT molecular complexity index is 293. The van der Waals surface area contributed by atoms with E-state index in [1.54, 1.807) is 24.9 Å². The zero-order chi connectivity index (χ0) is 10.4. The molecule has 2 nitrogen and oxygen atoms in total. The van der Waals surface area contributed by atoms with Crippen LogP contribution in [0.5, 0.6) is 0 Å². The van der Waals surface area contributed by atoms with Gasteiger partial charge < -0.3 is 10.5 Å². The third-order valence-corrected chi connectivity index (χ3v) is 2.77. The molecule has 0 saturated heterocycles. The van der Waals surface area contributed by atoms with Gasteiger partial charge in [-0.2, -0.15) is 11.8 Å². The number of hydrogen-bond donors (Lipinski definition) is 1. The molecular weight excluding hydrogens is 201 g/mol. The van der Waals surface area contributed by atoms with Gasteiger partial charge in [-0.25, -0.2) is 4.39 Å². The minimum atomic E-state index is -0.284. The van der Waals surface area contributed by atoms with Crippen molar-refractivity contribution in [3.63, 3.8) is 0 Å². The fraction of sp³-hybridized carbons (Fsp3) is 0.400. The zero-order valence-corrected chi connectivity index (χ0v) is 8.94. The van der Waals surface area contributed by atoms with Gasteiger partial charge in [0, 0.05) is 24.3 Å². The summed E-state index contributed by atoms with van der Waals surface area (Å²) in [5.74, 6) is 1.44. The normalized spacial score (nSPS) is 10.4. The van der Waals surface area contributed by atoms with E-state index >= 15 is 0 Å². The monoisotopic (exact) mass is 215 g/mol. The Morgan fingerprint density at radius 1 is 1.50 bits per heavy atom. The number of anilines is 1. The molecule has 0 unspecified atom stereocenters. The molecule has 0 radical (unpaired) electrons. The van der Waals surface area contributed by atoms with Crippen LogP contribution < -0.4 is 5.73 Å². The second-order valence-electron chi connectivity index (χ2n) is 2.89. The highest BCUT2D eigenvalue weighted by Crippen LogP contribution is 2.19. The van der Waals surface area contributed by atoms with Crippen LogP contribution in [0.4, 0.5) is 10.1 Å². The lowest BCUT2D eigenvalue weighted by molar-refractivity contribution is 0.218. The number of benzene rings is 1. The SMILES string of the molecule is COCCSCc1ccc(F)cc1N. The lowest BCUT2D eigenvalue weighted by Crippen LogP contribution is -1.96. The fourth-order valence-electron chi connectivity index (χ4n) is 1.02. The van der Waals surface area contributed by atoms with Gasteiger partial charge in [-0.05, 0) is 17.7 Å². The predicted octanol–water partition coefficient (Wildman–Crippen LogP) is 2.29. The maximum atomic E-state index is 12.7. The highest BCUT2D eigenvalue weighted by molar-refractivity contribution is 7.98. The first-order chi connectivity index (χ1) is 6.74. The molecule has 0 aliphatic carbocycles. The van der Waals surface area contributed by atoms with Crippen LogP contribution in [0.15, 0.2) is 18.2 Å². The fourth-order valence-corrected chi connectivity index (χ4v) is 1.93. The maximum Gasteiger partial charge on any atom is 0.125 e. The van der Waals surface area contributed by atoms with Crippen LogP contribution in [-0.2, 0) is 10.5 Å². The number of hydrogen-bond acceptors (Lipinski definition) is 3. The highest BCUT2D eigenvalue weighted by Gasteiger charge is 2.00. The molecule has 0 aliphatic heterocycles. The molecule has 2 N–H and O–H groups in total. The Morgan fingerprint density at radius 2 is 2.29 bits per heavy atom. The van der Waals surface area contributed by atoms with E-state index in [4.69, 9.17) is 10.5 Å². The van der Waals surface area contributed by atoms with Gasteiger partial charge in [0.05, 0.1) is 6.61 Å². The minimum absolute atomic E-state index is 0.284. The molecule has 0 spiro atoms. The first-order valence-electron chi connectivity index (χ1n) is 4.34. The number of ether oxygens (including phenoxy) is 1. The summed E-state index contributed by atoms with van der Waals surface area (Å²) >= 11 is 1.72. The van der Waals surface area contributed by atoms with Crippen LogP contribution in [0.25, 0.3) is 0 Å². The molecule has 0 aliphatic rings. The van der Waals surface area contributed by atoms with Crippen LogP contribution >= 0.6 is 11.8 Å². The molecule has 0 bridgehead atoms. The van der Waals surface area contributed by atoms with Crippen molar-refractivity contribution in [2.45, 2.75) is 5.75 Å². The largest absolute Gasteiger partial charge is 0.398 e. The Labute approximate surface area is 87.6 Å². The van der Waals surface area contributed by atoms with Gasteiger partial charge in [0.2, 0.25) is 0 Å². The molecule has 4 heteroatoms. The number of rotatable bonds is 5. The van der Waals surface area contributed by atoms with E-state index in [0.29, 0.717) is 5.69 Å². The van der Waals surface area contributed by atoms with Crippen molar-refractivity contribution >= 4 is 17.4 Å². The van der Waals surface area contributed by atoms with E-state index in [-0.39, 0.29) is 5.82 Å². The zero-order valence-electron chi connectivity index (χ0n) is 8.13. The van der Waals surface area contributed by atoms with Gasteiger partial charge in [0.15, 0.2) is 0 Å². The number of thioether (sulfide) groups is 1. The van der Waals surface area contributed by atoms with E-state index in [9.17, 15) is 4.39 Å². The smallest absolute Gasteiger partial charge is 0.125 e. The van der Waals surface area contributed by atoms with Gasteiger partial charge in [-0.1, -0.05) is 6.07 Å². The van der Waals surface area contributed by atoms with Crippen LogP contribution in [0.1, 0.15) is 5.56 Å². The average molecular weight is 215 g/mol. The third kappa shape index (κ3) is 3.55. The lowest BCUT2D eigenvalue weighted by Gasteiger charge is -2.05. The van der Waals surface area contributed by atoms with Crippen molar-refractivity contribution in [2.75, 3.05) is 25.2 Å². The van der Waals surface area contributed by atoms with Gasteiger partial charge in [0.1, 0.15) is 5.82 Å². The second-order valence-corrected chi connectivity index (χ2v) is 3.99. The number of halogens is 1. The summed E-state index contributed by atoms with van der Waals surface area (Å²) in [5.41, 5.74) is 7.15. The first kappa shape index (κ1) is 11.3. The van der Waals surface area contributed by atoms with Gasteiger partial charge in [0.25, 0.3) is 0 Å². The van der Waals surface area contributed by atoms with E-state index in [0.717, 1.165) is 23.7 Å². The Kier molecular flexibility index (Phi) is 4.76. The molecule has 1 aromatic rings. The molecule has 14 heavy (non-hydrogen) atoms. The van der Waals surface area contributed by atoms with Gasteiger partial charge in [-0.3, -0.25) is 0 Å². The van der Waals surface area contributed by atoms with Gasteiger partial charge in [-0.15, -0.1) is 0 Å². The average Bonchev–Trinajstić information content (AvgIpc) is 2.15. The van der Waals surface area contributed by atoms with Crippen molar-refractivity contribution in [1.82, 2.24) is 0 Å². The van der Waals surface area contributed by atoms with E-state index < -0.39 is 0 Å². The van der Waals surface area contributed by atoms with Crippen molar-refractivity contribution in [1.29, 1.82) is 0 Å². The Balaban J connectivity index is 2.42. The Hall–Kier alpha value is -0.740. The van der Waals surface area contributed by atoms with E-state index in [2.05, 4.69) is 0 Å². The highest BCUT2D eigenvalue weighted by atomic mass is 32.2. The number of nitrogens with two attached hydrogens (primary N) is 1.